The van der Waals surface area contributed by atoms with Crippen LogP contribution in [0.3, 0.4) is 0 Å². The first-order chi connectivity index (χ1) is 12.5. The van der Waals surface area contributed by atoms with Gasteiger partial charge in [0.25, 0.3) is 5.76 Å². The lowest BCUT2D eigenvalue weighted by Crippen LogP contribution is -2.23. The molecule has 0 spiro atoms. The Balaban J connectivity index is 1.72. The lowest BCUT2D eigenvalue weighted by molar-refractivity contribution is -0.145. The van der Waals surface area contributed by atoms with Gasteiger partial charge in [0.1, 0.15) is 0 Å². The van der Waals surface area contributed by atoms with Crippen molar-refractivity contribution >= 4 is 35.1 Å². The Morgan fingerprint density at radius 3 is 2.58 bits per heavy atom. The molecule has 0 aromatic heterocycles. The Morgan fingerprint density at radius 2 is 1.92 bits per heavy atom. The van der Waals surface area contributed by atoms with E-state index in [1.807, 2.05) is 0 Å². The number of hydrogen-bond acceptors (Lipinski definition) is 6. The molecule has 0 radical (unpaired) electrons. The van der Waals surface area contributed by atoms with Crippen LogP contribution >= 0.6 is 11.8 Å². The Hall–Kier alpha value is -2.61. The number of benzene rings is 2. The minimum absolute atomic E-state index is 0.236. The molecule has 5 nitrogen and oxygen atoms in total. The summed E-state index contributed by atoms with van der Waals surface area (Å²) in [6, 6.07) is 13.1. The summed E-state index contributed by atoms with van der Waals surface area (Å²) in [7, 11) is 0. The smallest absolute Gasteiger partial charge is 0.347 e. The van der Waals surface area contributed by atoms with E-state index in [0.717, 1.165) is 0 Å². The highest BCUT2D eigenvalue weighted by Crippen LogP contribution is 2.28. The third-order valence-electron chi connectivity index (χ3n) is 3.64. The monoisotopic (exact) mass is 379 g/mol. The molecule has 1 fully saturated rings. The maximum absolute atomic E-state index is 12.4. The predicted molar refractivity (Wildman–Crippen MR) is 92.8 cm³/mol. The molecule has 26 heavy (non-hydrogen) atoms. The molecule has 0 amide bonds. The average molecular weight is 379 g/mol. The highest BCUT2D eigenvalue weighted by Gasteiger charge is 2.31. The number of thioether (sulfide) groups is 1. The van der Waals surface area contributed by atoms with Gasteiger partial charge < -0.3 is 14.8 Å². The Labute approximate surface area is 152 Å². The van der Waals surface area contributed by atoms with Crippen molar-refractivity contribution in [1.29, 1.82) is 0 Å². The van der Waals surface area contributed by atoms with E-state index in [1.165, 1.54) is 0 Å². The van der Waals surface area contributed by atoms with E-state index in [1.54, 1.807) is 48.5 Å². The maximum atomic E-state index is 12.4. The van der Waals surface area contributed by atoms with Gasteiger partial charge in [-0.15, -0.1) is 0 Å². The number of carbonyl (C=O) groups is 2. The number of carbonyl (C=O) groups excluding carboxylic acids is 2. The molecule has 1 heterocycles. The van der Waals surface area contributed by atoms with Gasteiger partial charge in [0.2, 0.25) is 6.10 Å². The molecule has 1 N–H and O–H groups in total. The molecule has 1 aliphatic heterocycles. The van der Waals surface area contributed by atoms with Crippen LogP contribution in [0.4, 0.5) is 20.2 Å². The minimum Gasteiger partial charge on any atom is -0.463 e. The van der Waals surface area contributed by atoms with Gasteiger partial charge in [0, 0.05) is 17.0 Å². The van der Waals surface area contributed by atoms with Crippen LogP contribution in [0.2, 0.25) is 0 Å². The van der Waals surface area contributed by atoms with Gasteiger partial charge in [-0.2, -0.15) is 8.78 Å². The van der Waals surface area contributed by atoms with E-state index in [4.69, 9.17) is 9.47 Å². The highest BCUT2D eigenvalue weighted by molar-refractivity contribution is 7.99. The number of alkyl halides is 2. The topological polar surface area (TPSA) is 64.6 Å². The number of halogens is 2. The van der Waals surface area contributed by atoms with Crippen LogP contribution in [0.25, 0.3) is 0 Å². The van der Waals surface area contributed by atoms with Gasteiger partial charge in [-0.05, 0) is 36.4 Å². The summed E-state index contributed by atoms with van der Waals surface area (Å²) in [5, 5.41) is 3.06. The SMILES string of the molecule is O=C(O[C@@H]1CCOC1=O)c1ccccc1Nc1ccc(SC(F)F)cc1. The van der Waals surface area contributed by atoms with Crippen molar-refractivity contribution in [1.82, 2.24) is 0 Å². The largest absolute Gasteiger partial charge is 0.463 e. The normalized spacial score (nSPS) is 16.4. The van der Waals surface area contributed by atoms with Crippen molar-refractivity contribution in [3.63, 3.8) is 0 Å². The van der Waals surface area contributed by atoms with Crippen molar-refractivity contribution in [2.24, 2.45) is 0 Å². The van der Waals surface area contributed by atoms with Gasteiger partial charge in [0.15, 0.2) is 0 Å². The summed E-state index contributed by atoms with van der Waals surface area (Å²) < 4.78 is 34.7. The van der Waals surface area contributed by atoms with Gasteiger partial charge in [-0.25, -0.2) is 9.59 Å². The fourth-order valence-electron chi connectivity index (χ4n) is 2.42. The third kappa shape index (κ3) is 4.51. The average Bonchev–Trinajstić information content (AvgIpc) is 3.01. The van der Waals surface area contributed by atoms with E-state index in [0.29, 0.717) is 34.5 Å². The molecule has 2 aromatic carbocycles. The number of esters is 2. The van der Waals surface area contributed by atoms with E-state index >= 15 is 0 Å². The Bertz CT molecular complexity index is 798. The summed E-state index contributed by atoms with van der Waals surface area (Å²) in [5.41, 5.74) is 1.38. The summed E-state index contributed by atoms with van der Waals surface area (Å²) in [5.74, 6) is -3.66. The molecular formula is C18H15F2NO4S. The first kappa shape index (κ1) is 18.2. The highest BCUT2D eigenvalue weighted by atomic mass is 32.2. The zero-order chi connectivity index (χ0) is 18.5. The second-order valence-electron chi connectivity index (χ2n) is 5.42. The Kier molecular flexibility index (Phi) is 5.72. The van der Waals surface area contributed by atoms with Crippen LogP contribution in [-0.2, 0) is 14.3 Å². The molecule has 3 rings (SSSR count). The number of hydrogen-bond donors (Lipinski definition) is 1. The van der Waals surface area contributed by atoms with Crippen molar-refractivity contribution in [3.8, 4) is 0 Å². The van der Waals surface area contributed by atoms with Crippen LogP contribution in [0.1, 0.15) is 16.8 Å². The first-order valence-electron chi connectivity index (χ1n) is 7.81. The van der Waals surface area contributed by atoms with Crippen molar-refractivity contribution in [2.45, 2.75) is 23.2 Å². The standard InChI is InChI=1S/C18H15F2NO4S/c19-18(20)26-12-7-5-11(6-8-12)21-14-4-2-1-3-13(14)16(22)25-15-9-10-24-17(15)23/h1-8,15,18,21H,9-10H2/t15-/m1/s1. The number of rotatable bonds is 6. The summed E-state index contributed by atoms with van der Waals surface area (Å²) in [6.45, 7) is 0.236. The molecule has 136 valence electrons. The zero-order valence-corrected chi connectivity index (χ0v) is 14.3. The first-order valence-corrected chi connectivity index (χ1v) is 8.69. The zero-order valence-electron chi connectivity index (χ0n) is 13.5. The van der Waals surface area contributed by atoms with Gasteiger partial charge >= 0.3 is 11.9 Å². The second-order valence-corrected chi connectivity index (χ2v) is 6.49. The van der Waals surface area contributed by atoms with Crippen LogP contribution in [-0.4, -0.2) is 30.4 Å². The number of cyclic esters (lactones) is 1. The van der Waals surface area contributed by atoms with E-state index < -0.39 is 23.8 Å². The summed E-state index contributed by atoms with van der Waals surface area (Å²) >= 11 is 0.460. The van der Waals surface area contributed by atoms with Crippen molar-refractivity contribution < 1.29 is 27.8 Å². The lowest BCUT2D eigenvalue weighted by atomic mass is 10.1. The molecule has 2 aromatic rings. The lowest BCUT2D eigenvalue weighted by Gasteiger charge is -2.13. The Morgan fingerprint density at radius 1 is 1.19 bits per heavy atom. The van der Waals surface area contributed by atoms with Crippen LogP contribution in [0, 0.1) is 0 Å². The number of para-hydroxylation sites is 1. The maximum Gasteiger partial charge on any atom is 0.347 e. The van der Waals surface area contributed by atoms with Crippen molar-refractivity contribution in [3.05, 3.63) is 54.1 Å². The minimum atomic E-state index is -2.48. The fraction of sp³-hybridized carbons (Fsp3) is 0.222. The summed E-state index contributed by atoms with van der Waals surface area (Å²) in [6.07, 6.45) is -0.551. The van der Waals surface area contributed by atoms with E-state index in [9.17, 15) is 18.4 Å². The molecule has 1 saturated heterocycles. The van der Waals surface area contributed by atoms with E-state index in [2.05, 4.69) is 5.32 Å². The third-order valence-corrected chi connectivity index (χ3v) is 4.36. The molecular weight excluding hydrogens is 364 g/mol. The van der Waals surface area contributed by atoms with Crippen molar-refractivity contribution in [2.75, 3.05) is 11.9 Å². The molecule has 0 unspecified atom stereocenters. The molecule has 0 aliphatic carbocycles. The number of ether oxygens (including phenoxy) is 2. The van der Waals surface area contributed by atoms with E-state index in [-0.39, 0.29) is 12.2 Å². The van der Waals surface area contributed by atoms with Crippen LogP contribution in [0.5, 0.6) is 0 Å². The van der Waals surface area contributed by atoms with Gasteiger partial charge in [0.05, 0.1) is 17.9 Å². The summed E-state index contributed by atoms with van der Waals surface area (Å²) in [4.78, 5) is 24.3. The van der Waals surface area contributed by atoms with Gasteiger partial charge in [-0.3, -0.25) is 0 Å². The molecule has 1 aliphatic rings. The predicted octanol–water partition coefficient (Wildman–Crippen LogP) is 4.22. The number of nitrogens with one attached hydrogen (secondary N) is 1. The molecule has 0 bridgehead atoms. The molecule has 0 saturated carbocycles. The quantitative estimate of drug-likeness (QED) is 0.599. The molecule has 1 atom stereocenters. The van der Waals surface area contributed by atoms with Crippen LogP contribution < -0.4 is 5.32 Å². The fourth-order valence-corrected chi connectivity index (χ4v) is 2.92. The number of anilines is 2. The van der Waals surface area contributed by atoms with Crippen LogP contribution in [0.15, 0.2) is 53.4 Å². The van der Waals surface area contributed by atoms with Gasteiger partial charge in [-0.1, -0.05) is 23.9 Å². The second kappa shape index (κ2) is 8.18. The molecule has 8 heteroatoms.